The van der Waals surface area contributed by atoms with E-state index in [-0.39, 0.29) is 5.56 Å². The van der Waals surface area contributed by atoms with Crippen LogP contribution in [-0.2, 0) is 4.79 Å². The molecule has 0 spiro atoms. The number of carbonyl (C=O) groups is 1. The Labute approximate surface area is 87.3 Å². The lowest BCUT2D eigenvalue weighted by atomic mass is 10.1. The van der Waals surface area contributed by atoms with Gasteiger partial charge in [0.2, 0.25) is 0 Å². The van der Waals surface area contributed by atoms with Crippen molar-refractivity contribution in [3.63, 3.8) is 0 Å². The van der Waals surface area contributed by atoms with E-state index in [9.17, 15) is 9.18 Å². The van der Waals surface area contributed by atoms with Crippen molar-refractivity contribution in [2.24, 2.45) is 0 Å². The van der Waals surface area contributed by atoms with E-state index in [0.717, 1.165) is 6.07 Å². The summed E-state index contributed by atoms with van der Waals surface area (Å²) in [5, 5.41) is 17.6. The van der Waals surface area contributed by atoms with Crippen LogP contribution in [0.1, 0.15) is 11.7 Å². The van der Waals surface area contributed by atoms with Gasteiger partial charge in [-0.05, 0) is 40.8 Å². The van der Waals surface area contributed by atoms with Crippen molar-refractivity contribution in [1.29, 1.82) is 0 Å². The van der Waals surface area contributed by atoms with Crippen LogP contribution in [0.2, 0.25) is 0 Å². The number of rotatable bonds is 2. The number of carboxylic acid groups (broad SMARTS) is 1. The Morgan fingerprint density at radius 1 is 1.54 bits per heavy atom. The second kappa shape index (κ2) is 4.01. The topological polar surface area (TPSA) is 57.5 Å². The highest BCUT2D eigenvalue weighted by atomic mass is 127. The molecule has 3 nitrogen and oxygen atoms in total. The summed E-state index contributed by atoms with van der Waals surface area (Å²) in [5.41, 5.74) is 0.0769. The predicted molar refractivity (Wildman–Crippen MR) is 51.7 cm³/mol. The molecule has 5 heteroatoms. The Morgan fingerprint density at radius 3 is 2.69 bits per heavy atom. The molecule has 1 unspecified atom stereocenters. The third-order valence-corrected chi connectivity index (χ3v) is 2.47. The van der Waals surface area contributed by atoms with Gasteiger partial charge in [-0.2, -0.15) is 0 Å². The van der Waals surface area contributed by atoms with Gasteiger partial charge in [0.1, 0.15) is 5.82 Å². The zero-order valence-electron chi connectivity index (χ0n) is 6.37. The van der Waals surface area contributed by atoms with E-state index in [4.69, 9.17) is 10.2 Å². The first-order valence-corrected chi connectivity index (χ1v) is 4.46. The molecule has 0 saturated carbocycles. The van der Waals surface area contributed by atoms with E-state index in [1.807, 2.05) is 22.6 Å². The molecule has 0 aliphatic heterocycles. The minimum atomic E-state index is -1.66. The Kier molecular flexibility index (Phi) is 3.21. The van der Waals surface area contributed by atoms with Gasteiger partial charge in [0.25, 0.3) is 0 Å². The first-order valence-electron chi connectivity index (χ1n) is 3.38. The van der Waals surface area contributed by atoms with Crippen LogP contribution in [0, 0.1) is 9.39 Å². The van der Waals surface area contributed by atoms with E-state index in [2.05, 4.69) is 0 Å². The third kappa shape index (κ3) is 2.38. The van der Waals surface area contributed by atoms with Crippen LogP contribution in [0.3, 0.4) is 0 Å². The summed E-state index contributed by atoms with van der Waals surface area (Å²) in [6.07, 6.45) is -1.66. The molecule has 0 bridgehead atoms. The lowest BCUT2D eigenvalue weighted by molar-refractivity contribution is -0.147. The van der Waals surface area contributed by atoms with Crippen LogP contribution in [-0.4, -0.2) is 16.2 Å². The molecule has 0 aliphatic rings. The molecule has 1 atom stereocenters. The van der Waals surface area contributed by atoms with Crippen molar-refractivity contribution in [2.45, 2.75) is 6.10 Å². The van der Waals surface area contributed by atoms with Crippen molar-refractivity contribution < 1.29 is 19.4 Å². The molecule has 0 heterocycles. The highest BCUT2D eigenvalue weighted by Gasteiger charge is 2.18. The van der Waals surface area contributed by atoms with Gasteiger partial charge in [-0.15, -0.1) is 0 Å². The molecular formula is C8H6FIO3. The first kappa shape index (κ1) is 10.4. The summed E-state index contributed by atoms with van der Waals surface area (Å²) in [6, 6.07) is 3.64. The van der Waals surface area contributed by atoms with Gasteiger partial charge in [0.15, 0.2) is 6.10 Å². The minimum Gasteiger partial charge on any atom is -0.479 e. The van der Waals surface area contributed by atoms with Gasteiger partial charge in [0, 0.05) is 9.13 Å². The van der Waals surface area contributed by atoms with Gasteiger partial charge >= 0.3 is 5.97 Å². The zero-order chi connectivity index (χ0) is 10.0. The lowest BCUT2D eigenvalue weighted by Crippen LogP contribution is -2.12. The summed E-state index contributed by atoms with van der Waals surface area (Å²) in [4.78, 5) is 10.4. The average molecular weight is 296 g/mol. The highest BCUT2D eigenvalue weighted by molar-refractivity contribution is 14.1. The summed E-state index contributed by atoms with van der Waals surface area (Å²) in [5.74, 6) is -1.95. The van der Waals surface area contributed by atoms with Crippen LogP contribution >= 0.6 is 22.6 Å². The zero-order valence-corrected chi connectivity index (χ0v) is 8.53. The molecule has 1 aromatic carbocycles. The smallest absolute Gasteiger partial charge is 0.337 e. The molecule has 1 aromatic rings. The van der Waals surface area contributed by atoms with Crippen LogP contribution in [0.5, 0.6) is 0 Å². The third-order valence-electron chi connectivity index (χ3n) is 1.49. The fourth-order valence-corrected chi connectivity index (χ4v) is 1.49. The molecule has 0 fully saturated rings. The Hall–Kier alpha value is -0.690. The summed E-state index contributed by atoms with van der Waals surface area (Å²) >= 11 is 1.84. The molecule has 2 N–H and O–H groups in total. The largest absolute Gasteiger partial charge is 0.479 e. The molecule has 0 aliphatic carbocycles. The number of aliphatic carboxylic acids is 1. The van der Waals surface area contributed by atoms with Gasteiger partial charge in [-0.1, -0.05) is 0 Å². The molecule has 0 amide bonds. The van der Waals surface area contributed by atoms with E-state index in [0.29, 0.717) is 3.57 Å². The number of hydrogen-bond donors (Lipinski definition) is 2. The van der Waals surface area contributed by atoms with Crippen molar-refractivity contribution in [3.05, 3.63) is 33.1 Å². The number of aliphatic hydroxyl groups excluding tert-OH is 1. The maximum Gasteiger partial charge on any atom is 0.337 e. The number of aliphatic hydroxyl groups is 1. The van der Waals surface area contributed by atoms with Crippen LogP contribution in [0.4, 0.5) is 4.39 Å². The van der Waals surface area contributed by atoms with Gasteiger partial charge in [-0.25, -0.2) is 9.18 Å². The van der Waals surface area contributed by atoms with E-state index in [1.54, 1.807) is 0 Å². The fraction of sp³-hybridized carbons (Fsp3) is 0.125. The molecule has 1 rings (SSSR count). The maximum absolute atomic E-state index is 12.7. The number of halogens is 2. The Morgan fingerprint density at radius 2 is 2.15 bits per heavy atom. The standard InChI is InChI=1S/C8H6FIO3/c9-4-1-2-6(10)5(3-4)7(11)8(12)13/h1-3,7,11H,(H,12,13). The monoisotopic (exact) mass is 296 g/mol. The molecule has 0 aromatic heterocycles. The Bertz CT molecular complexity index is 340. The molecule has 0 saturated heterocycles. The van der Waals surface area contributed by atoms with E-state index >= 15 is 0 Å². The van der Waals surface area contributed by atoms with Gasteiger partial charge in [-0.3, -0.25) is 0 Å². The highest BCUT2D eigenvalue weighted by Crippen LogP contribution is 2.21. The van der Waals surface area contributed by atoms with Crippen LogP contribution in [0.25, 0.3) is 0 Å². The molecule has 13 heavy (non-hydrogen) atoms. The SMILES string of the molecule is O=C(O)C(O)c1cc(F)ccc1I. The number of carboxylic acids is 1. The average Bonchev–Trinajstić information content (AvgIpc) is 2.08. The molecule has 70 valence electrons. The number of benzene rings is 1. The van der Waals surface area contributed by atoms with E-state index < -0.39 is 17.9 Å². The second-order valence-electron chi connectivity index (χ2n) is 2.41. The van der Waals surface area contributed by atoms with Crippen molar-refractivity contribution in [2.75, 3.05) is 0 Å². The van der Waals surface area contributed by atoms with Crippen molar-refractivity contribution in [3.8, 4) is 0 Å². The lowest BCUT2D eigenvalue weighted by Gasteiger charge is -2.07. The first-order chi connectivity index (χ1) is 6.02. The molecule has 0 radical (unpaired) electrons. The van der Waals surface area contributed by atoms with Crippen LogP contribution in [0.15, 0.2) is 18.2 Å². The van der Waals surface area contributed by atoms with Crippen molar-refractivity contribution >= 4 is 28.6 Å². The minimum absolute atomic E-state index is 0.0769. The maximum atomic E-state index is 12.7. The van der Waals surface area contributed by atoms with Gasteiger partial charge in [0.05, 0.1) is 0 Å². The number of hydrogen-bond acceptors (Lipinski definition) is 2. The normalized spacial score (nSPS) is 12.5. The van der Waals surface area contributed by atoms with Gasteiger partial charge < -0.3 is 10.2 Å². The van der Waals surface area contributed by atoms with Crippen LogP contribution < -0.4 is 0 Å². The predicted octanol–water partition coefficient (Wildman–Crippen LogP) is 1.55. The molecular weight excluding hydrogens is 290 g/mol. The Balaban J connectivity index is 3.12. The fourth-order valence-electron chi connectivity index (χ4n) is 0.857. The van der Waals surface area contributed by atoms with E-state index in [1.165, 1.54) is 12.1 Å². The summed E-state index contributed by atoms with van der Waals surface area (Å²) < 4.78 is 13.2. The van der Waals surface area contributed by atoms with Crippen molar-refractivity contribution in [1.82, 2.24) is 0 Å². The quantitative estimate of drug-likeness (QED) is 0.814. The second-order valence-corrected chi connectivity index (χ2v) is 3.57. The summed E-state index contributed by atoms with van der Waals surface area (Å²) in [6.45, 7) is 0. The summed E-state index contributed by atoms with van der Waals surface area (Å²) in [7, 11) is 0.